The molecule has 3 rings (SSSR count). The molecular weight excluding hydrogens is 554 g/mol. The van der Waals surface area contributed by atoms with Crippen LogP contribution in [-0.2, 0) is 32.8 Å². The number of anilines is 1. The average molecular weight is 596 g/mol. The van der Waals surface area contributed by atoms with Crippen LogP contribution in [0.25, 0.3) is 0 Å². The molecule has 0 saturated carbocycles. The van der Waals surface area contributed by atoms with Crippen LogP contribution in [0.3, 0.4) is 0 Å². The van der Waals surface area contributed by atoms with E-state index in [2.05, 4.69) is 5.32 Å². The second kappa shape index (κ2) is 15.3. The largest absolute Gasteiger partial charge is 0.497 e. The maximum absolute atomic E-state index is 13.9. The van der Waals surface area contributed by atoms with Crippen LogP contribution < -0.4 is 19.1 Å². The zero-order valence-electron chi connectivity index (χ0n) is 24.9. The molecule has 42 heavy (non-hydrogen) atoms. The van der Waals surface area contributed by atoms with Gasteiger partial charge < -0.3 is 19.7 Å². The Bertz CT molecular complexity index is 1390. The topological polar surface area (TPSA) is 105 Å². The summed E-state index contributed by atoms with van der Waals surface area (Å²) < 4.78 is 37.9. The first-order chi connectivity index (χ1) is 20.0. The zero-order valence-corrected chi connectivity index (χ0v) is 25.8. The van der Waals surface area contributed by atoms with Crippen molar-refractivity contribution < 1.29 is 27.5 Å². The van der Waals surface area contributed by atoms with Gasteiger partial charge in [0, 0.05) is 13.1 Å². The molecule has 0 saturated heterocycles. The number of sulfonamides is 1. The minimum absolute atomic E-state index is 0.125. The number of carbonyl (C=O) groups is 2. The first-order valence-corrected chi connectivity index (χ1v) is 15.8. The molecule has 0 radical (unpaired) electrons. The number of hydrogen-bond donors (Lipinski definition) is 1. The van der Waals surface area contributed by atoms with E-state index in [1.807, 2.05) is 63.2 Å². The number of benzene rings is 3. The van der Waals surface area contributed by atoms with Gasteiger partial charge in [-0.3, -0.25) is 13.9 Å². The summed E-state index contributed by atoms with van der Waals surface area (Å²) in [5.74, 6) is 0.692. The van der Waals surface area contributed by atoms with Gasteiger partial charge in [-0.05, 0) is 59.9 Å². The average Bonchev–Trinajstić information content (AvgIpc) is 2.98. The van der Waals surface area contributed by atoms with Gasteiger partial charge in [-0.2, -0.15) is 0 Å². The van der Waals surface area contributed by atoms with Crippen molar-refractivity contribution in [3.63, 3.8) is 0 Å². The van der Waals surface area contributed by atoms with Crippen LogP contribution in [0.2, 0.25) is 0 Å². The van der Waals surface area contributed by atoms with Crippen molar-refractivity contribution in [1.29, 1.82) is 0 Å². The third-order valence-corrected chi connectivity index (χ3v) is 7.78. The molecule has 1 N–H and O–H groups in total. The van der Waals surface area contributed by atoms with E-state index in [0.29, 0.717) is 36.8 Å². The number of ether oxygens (including phenoxy) is 2. The first-order valence-electron chi connectivity index (χ1n) is 14.0. The Morgan fingerprint density at radius 2 is 1.50 bits per heavy atom. The highest BCUT2D eigenvalue weighted by Crippen LogP contribution is 2.24. The summed E-state index contributed by atoms with van der Waals surface area (Å²) in [5, 5.41) is 2.92. The van der Waals surface area contributed by atoms with E-state index in [4.69, 9.17) is 9.47 Å². The smallest absolute Gasteiger partial charge is 0.244 e. The maximum Gasteiger partial charge on any atom is 0.244 e. The lowest BCUT2D eigenvalue weighted by molar-refractivity contribution is -0.140. The summed E-state index contributed by atoms with van der Waals surface area (Å²) in [6.07, 6.45) is 1.42. The fourth-order valence-corrected chi connectivity index (χ4v) is 5.18. The second-order valence-corrected chi connectivity index (χ2v) is 12.4. The van der Waals surface area contributed by atoms with Gasteiger partial charge in [-0.15, -0.1) is 0 Å². The maximum atomic E-state index is 13.9. The highest BCUT2D eigenvalue weighted by molar-refractivity contribution is 7.92. The molecule has 0 heterocycles. The number of nitrogens with one attached hydrogen (secondary N) is 1. The Labute approximate surface area is 249 Å². The number of hydrogen-bond acceptors (Lipinski definition) is 6. The molecule has 0 aliphatic rings. The minimum Gasteiger partial charge on any atom is -0.497 e. The lowest BCUT2D eigenvalue weighted by Crippen LogP contribution is -2.52. The molecule has 3 aromatic carbocycles. The summed E-state index contributed by atoms with van der Waals surface area (Å²) in [6, 6.07) is 22.7. The first kappa shape index (κ1) is 32.5. The molecule has 226 valence electrons. The van der Waals surface area contributed by atoms with Crippen molar-refractivity contribution in [2.45, 2.75) is 46.4 Å². The Kier molecular flexibility index (Phi) is 11.8. The molecule has 1 atom stereocenters. The van der Waals surface area contributed by atoms with Gasteiger partial charge in [-0.1, -0.05) is 63.2 Å². The van der Waals surface area contributed by atoms with E-state index < -0.39 is 28.5 Å². The molecule has 3 aromatic rings. The number of carbonyl (C=O) groups excluding carboxylic acids is 2. The van der Waals surface area contributed by atoms with Gasteiger partial charge in [0.05, 0.1) is 19.1 Å². The lowest BCUT2D eigenvalue weighted by atomic mass is 10.1. The molecule has 0 spiro atoms. The summed E-state index contributed by atoms with van der Waals surface area (Å²) in [4.78, 5) is 28.5. The van der Waals surface area contributed by atoms with Crippen molar-refractivity contribution in [3.8, 4) is 11.5 Å². The summed E-state index contributed by atoms with van der Waals surface area (Å²) >= 11 is 0. The van der Waals surface area contributed by atoms with Gasteiger partial charge in [0.2, 0.25) is 21.8 Å². The van der Waals surface area contributed by atoms with Crippen molar-refractivity contribution in [1.82, 2.24) is 10.2 Å². The second-order valence-electron chi connectivity index (χ2n) is 10.5. The van der Waals surface area contributed by atoms with E-state index >= 15 is 0 Å². The van der Waals surface area contributed by atoms with Gasteiger partial charge in [-0.25, -0.2) is 8.42 Å². The highest BCUT2D eigenvalue weighted by Gasteiger charge is 2.31. The van der Waals surface area contributed by atoms with Gasteiger partial charge in [0.15, 0.2) is 0 Å². The molecule has 0 aliphatic heterocycles. The highest BCUT2D eigenvalue weighted by atomic mass is 32.2. The van der Waals surface area contributed by atoms with E-state index in [1.165, 1.54) is 4.90 Å². The number of methoxy groups -OCH3 is 1. The molecule has 10 heteroatoms. The quantitative estimate of drug-likeness (QED) is 0.275. The fraction of sp³-hybridized carbons (Fsp3) is 0.375. The SMILES string of the molecule is CC[C@H](C(=O)NCC(C)C)N(Cc1ccc(OC)cc1)C(=O)CN(c1ccc(OCc2ccccc2)cc1)S(C)(=O)=O. The Morgan fingerprint density at radius 3 is 2.05 bits per heavy atom. The van der Waals surface area contributed by atoms with Crippen LogP contribution >= 0.6 is 0 Å². The predicted octanol–water partition coefficient (Wildman–Crippen LogP) is 4.62. The number of amides is 2. The number of rotatable bonds is 15. The van der Waals surface area contributed by atoms with Crippen LogP contribution in [0.1, 0.15) is 38.3 Å². The van der Waals surface area contributed by atoms with Gasteiger partial charge in [0.25, 0.3) is 0 Å². The van der Waals surface area contributed by atoms with Crippen molar-refractivity contribution in [2.75, 3.05) is 30.8 Å². The molecule has 0 aliphatic carbocycles. The molecule has 0 fully saturated rings. The normalized spacial score (nSPS) is 12.0. The lowest BCUT2D eigenvalue weighted by Gasteiger charge is -2.33. The standard InChI is InChI=1S/C32H41N3O6S/c1-6-30(32(37)33-20-24(2)3)34(21-25-12-16-28(40-4)17-13-25)31(36)22-35(42(5,38)39)27-14-18-29(19-15-27)41-23-26-10-8-7-9-11-26/h7-19,24,30H,6,20-23H2,1-5H3,(H,33,37)/t30-/m1/s1. The third-order valence-electron chi connectivity index (χ3n) is 6.63. The van der Waals surface area contributed by atoms with E-state index in [9.17, 15) is 18.0 Å². The monoisotopic (exact) mass is 595 g/mol. The van der Waals surface area contributed by atoms with Crippen molar-refractivity contribution in [2.24, 2.45) is 5.92 Å². The van der Waals surface area contributed by atoms with Crippen LogP contribution in [0.15, 0.2) is 78.9 Å². The Balaban J connectivity index is 1.85. The predicted molar refractivity (Wildman–Crippen MR) is 165 cm³/mol. The van der Waals surface area contributed by atoms with E-state index in [0.717, 1.165) is 21.7 Å². The molecule has 9 nitrogen and oxygen atoms in total. The van der Waals surface area contributed by atoms with Crippen LogP contribution in [0, 0.1) is 5.92 Å². The third kappa shape index (κ3) is 9.51. The summed E-state index contributed by atoms with van der Waals surface area (Å²) in [7, 11) is -2.27. The Hall–Kier alpha value is -4.05. The fourth-order valence-electron chi connectivity index (χ4n) is 4.33. The molecule has 2 amide bonds. The summed E-state index contributed by atoms with van der Waals surface area (Å²) in [6.45, 7) is 6.30. The molecule has 0 aromatic heterocycles. The van der Waals surface area contributed by atoms with E-state index in [1.54, 1.807) is 43.5 Å². The van der Waals surface area contributed by atoms with E-state index in [-0.39, 0.29) is 18.4 Å². The summed E-state index contributed by atoms with van der Waals surface area (Å²) in [5.41, 5.74) is 2.11. The van der Waals surface area contributed by atoms with Crippen LogP contribution in [0.5, 0.6) is 11.5 Å². The van der Waals surface area contributed by atoms with Crippen molar-refractivity contribution >= 4 is 27.5 Å². The van der Waals surface area contributed by atoms with Gasteiger partial charge >= 0.3 is 0 Å². The molecule has 0 unspecified atom stereocenters. The zero-order chi connectivity index (χ0) is 30.7. The van der Waals surface area contributed by atoms with Crippen LogP contribution in [-0.4, -0.2) is 57.6 Å². The van der Waals surface area contributed by atoms with Crippen molar-refractivity contribution in [3.05, 3.63) is 90.0 Å². The number of nitrogens with zero attached hydrogens (tertiary/aromatic N) is 2. The minimum atomic E-state index is -3.84. The van der Waals surface area contributed by atoms with Gasteiger partial charge in [0.1, 0.15) is 30.7 Å². The molecular formula is C32H41N3O6S. The van der Waals surface area contributed by atoms with Crippen LogP contribution in [0.4, 0.5) is 5.69 Å². The Morgan fingerprint density at radius 1 is 0.881 bits per heavy atom. The molecule has 0 bridgehead atoms.